The topological polar surface area (TPSA) is 75.7 Å². The number of amides is 2. The number of para-hydroxylation sites is 1. The highest BCUT2D eigenvalue weighted by Gasteiger charge is 2.69. The molecule has 0 aliphatic carbocycles. The summed E-state index contributed by atoms with van der Waals surface area (Å²) < 4.78 is 5.21. The Morgan fingerprint density at radius 1 is 0.968 bits per heavy atom. The fourth-order valence-corrected chi connectivity index (χ4v) is 5.71. The largest absolute Gasteiger partial charge is 0.467 e. The number of carbonyl (C=O) groups is 3. The van der Waals surface area contributed by atoms with Crippen LogP contribution in [0.2, 0.25) is 0 Å². The van der Waals surface area contributed by atoms with E-state index in [1.54, 1.807) is 36.4 Å². The number of benzene rings is 2. The zero-order chi connectivity index (χ0) is 21.6. The molecule has 0 radical (unpaired) electrons. The number of ether oxygens (including phenoxy) is 1. The van der Waals surface area contributed by atoms with E-state index in [4.69, 9.17) is 4.74 Å². The first-order valence-electron chi connectivity index (χ1n) is 9.97. The number of carbonyl (C=O) groups excluding carboxylic acids is 3. The lowest BCUT2D eigenvalue weighted by atomic mass is 9.75. The SMILES string of the molecule is COC(=O)[C@]1(c2ccccc2)N[C@@H](c2cccs2)[C@H]2C(=O)N(c3ccccc3)C(=O)[C@H]21. The molecule has 7 heteroatoms. The van der Waals surface area contributed by atoms with Crippen molar-refractivity contribution in [2.45, 2.75) is 11.6 Å². The molecule has 5 rings (SSSR count). The van der Waals surface area contributed by atoms with Crippen molar-refractivity contribution in [1.29, 1.82) is 0 Å². The number of hydrogen-bond donors (Lipinski definition) is 1. The van der Waals surface area contributed by atoms with Crippen molar-refractivity contribution >= 4 is 34.8 Å². The molecule has 4 atom stereocenters. The molecular weight excluding hydrogens is 412 g/mol. The molecule has 2 aliphatic heterocycles. The summed E-state index contributed by atoms with van der Waals surface area (Å²) in [5.74, 6) is -2.95. The van der Waals surface area contributed by atoms with Gasteiger partial charge in [-0.25, -0.2) is 9.69 Å². The van der Waals surface area contributed by atoms with Crippen molar-refractivity contribution in [1.82, 2.24) is 5.32 Å². The van der Waals surface area contributed by atoms with Crippen LogP contribution in [0.3, 0.4) is 0 Å². The third-order valence-electron chi connectivity index (χ3n) is 6.16. The predicted molar refractivity (Wildman–Crippen MR) is 116 cm³/mol. The maximum Gasteiger partial charge on any atom is 0.331 e. The summed E-state index contributed by atoms with van der Waals surface area (Å²) in [6.45, 7) is 0. The van der Waals surface area contributed by atoms with Gasteiger partial charge in [-0.1, -0.05) is 54.6 Å². The first kappa shape index (κ1) is 19.7. The molecule has 0 saturated carbocycles. The monoisotopic (exact) mass is 432 g/mol. The summed E-state index contributed by atoms with van der Waals surface area (Å²) in [5, 5.41) is 5.30. The maximum absolute atomic E-state index is 13.8. The van der Waals surface area contributed by atoms with Crippen molar-refractivity contribution in [2.24, 2.45) is 11.8 Å². The van der Waals surface area contributed by atoms with Gasteiger partial charge in [-0.2, -0.15) is 0 Å². The minimum atomic E-state index is -1.47. The highest BCUT2D eigenvalue weighted by molar-refractivity contribution is 7.10. The minimum Gasteiger partial charge on any atom is -0.467 e. The molecule has 31 heavy (non-hydrogen) atoms. The van der Waals surface area contributed by atoms with Gasteiger partial charge in [0.2, 0.25) is 11.8 Å². The summed E-state index contributed by atoms with van der Waals surface area (Å²) in [6, 6.07) is 21.2. The molecule has 3 aromatic rings. The van der Waals surface area contributed by atoms with Gasteiger partial charge in [-0.15, -0.1) is 11.3 Å². The first-order valence-corrected chi connectivity index (χ1v) is 10.9. The van der Waals surface area contributed by atoms with Crippen LogP contribution in [0.15, 0.2) is 78.2 Å². The molecule has 2 saturated heterocycles. The van der Waals surface area contributed by atoms with E-state index in [1.165, 1.54) is 23.3 Å². The van der Waals surface area contributed by atoms with Crippen LogP contribution in [0.1, 0.15) is 16.5 Å². The van der Waals surface area contributed by atoms with E-state index in [1.807, 2.05) is 41.8 Å². The van der Waals surface area contributed by atoms with E-state index in [-0.39, 0.29) is 5.91 Å². The van der Waals surface area contributed by atoms with E-state index in [0.29, 0.717) is 11.3 Å². The number of imide groups is 1. The van der Waals surface area contributed by atoms with Gasteiger partial charge in [-0.05, 0) is 29.1 Å². The van der Waals surface area contributed by atoms with Crippen LogP contribution in [-0.4, -0.2) is 24.9 Å². The highest BCUT2D eigenvalue weighted by Crippen LogP contribution is 2.54. The summed E-state index contributed by atoms with van der Waals surface area (Å²) in [5.41, 5.74) is -0.360. The zero-order valence-electron chi connectivity index (χ0n) is 16.7. The predicted octanol–water partition coefficient (Wildman–Crippen LogP) is 3.27. The third-order valence-corrected chi connectivity index (χ3v) is 7.12. The van der Waals surface area contributed by atoms with Crippen molar-refractivity contribution in [2.75, 3.05) is 12.0 Å². The summed E-state index contributed by atoms with van der Waals surface area (Å²) in [4.78, 5) is 42.9. The Bertz CT molecular complexity index is 1130. The van der Waals surface area contributed by atoms with Crippen LogP contribution in [-0.2, 0) is 24.7 Å². The van der Waals surface area contributed by atoms with E-state index in [2.05, 4.69) is 5.32 Å². The second-order valence-corrected chi connectivity index (χ2v) is 8.63. The Morgan fingerprint density at radius 3 is 2.26 bits per heavy atom. The van der Waals surface area contributed by atoms with Crippen LogP contribution in [0.25, 0.3) is 0 Å². The number of esters is 1. The molecule has 2 fully saturated rings. The summed E-state index contributed by atoms with van der Waals surface area (Å²) >= 11 is 1.49. The quantitative estimate of drug-likeness (QED) is 0.506. The minimum absolute atomic E-state index is 0.311. The normalized spacial score (nSPS) is 27.4. The van der Waals surface area contributed by atoms with Gasteiger partial charge in [0, 0.05) is 4.88 Å². The molecule has 6 nitrogen and oxygen atoms in total. The van der Waals surface area contributed by atoms with Crippen molar-refractivity contribution in [3.8, 4) is 0 Å². The standard InChI is InChI=1S/C24H20N2O4S/c1-30-23(29)24(15-9-4-2-5-10-15)19-18(20(25-24)17-13-8-14-31-17)21(27)26(22(19)28)16-11-6-3-7-12-16/h2-14,18-20,25H,1H3/t18-,19-,20-,24+/m0/s1. The number of nitrogens with zero attached hydrogens (tertiary/aromatic N) is 1. The van der Waals surface area contributed by atoms with Crippen molar-refractivity contribution in [3.63, 3.8) is 0 Å². The van der Waals surface area contributed by atoms with Crippen LogP contribution in [0.5, 0.6) is 0 Å². The van der Waals surface area contributed by atoms with Crippen LogP contribution >= 0.6 is 11.3 Å². The Balaban J connectivity index is 1.73. The van der Waals surface area contributed by atoms with Crippen molar-refractivity contribution in [3.05, 3.63) is 88.6 Å². The number of fused-ring (bicyclic) bond motifs is 1. The summed E-state index contributed by atoms with van der Waals surface area (Å²) in [6.07, 6.45) is 0. The fourth-order valence-electron chi connectivity index (χ4n) is 4.88. The van der Waals surface area contributed by atoms with E-state index >= 15 is 0 Å². The molecule has 1 N–H and O–H groups in total. The lowest BCUT2D eigenvalue weighted by molar-refractivity contribution is -0.152. The lowest BCUT2D eigenvalue weighted by Crippen LogP contribution is -2.53. The van der Waals surface area contributed by atoms with Crippen LogP contribution in [0.4, 0.5) is 5.69 Å². The second-order valence-electron chi connectivity index (χ2n) is 7.65. The van der Waals surface area contributed by atoms with Gasteiger partial charge < -0.3 is 4.74 Å². The second kappa shape index (κ2) is 7.44. The van der Waals surface area contributed by atoms with Gasteiger partial charge in [0.1, 0.15) is 0 Å². The first-order chi connectivity index (χ1) is 15.1. The number of nitrogens with one attached hydrogen (secondary N) is 1. The molecule has 1 aromatic heterocycles. The lowest BCUT2D eigenvalue weighted by Gasteiger charge is -2.32. The fraction of sp³-hybridized carbons (Fsp3) is 0.208. The molecule has 3 heterocycles. The molecule has 0 unspecified atom stereocenters. The van der Waals surface area contributed by atoms with Gasteiger partial charge >= 0.3 is 5.97 Å². The van der Waals surface area contributed by atoms with Crippen molar-refractivity contribution < 1.29 is 19.1 Å². The molecule has 2 amide bonds. The van der Waals surface area contributed by atoms with E-state index in [0.717, 1.165) is 4.88 Å². The number of rotatable bonds is 4. The Morgan fingerprint density at radius 2 is 1.65 bits per heavy atom. The Labute approximate surface area is 183 Å². The average molecular weight is 433 g/mol. The van der Waals surface area contributed by atoms with Gasteiger partial charge in [0.05, 0.1) is 30.7 Å². The summed E-state index contributed by atoms with van der Waals surface area (Å²) in [7, 11) is 1.30. The zero-order valence-corrected chi connectivity index (χ0v) is 17.5. The highest BCUT2D eigenvalue weighted by atomic mass is 32.1. The van der Waals surface area contributed by atoms with Gasteiger partial charge in [0.25, 0.3) is 0 Å². The van der Waals surface area contributed by atoms with E-state index in [9.17, 15) is 14.4 Å². The van der Waals surface area contributed by atoms with Crippen LogP contribution < -0.4 is 10.2 Å². The number of hydrogen-bond acceptors (Lipinski definition) is 6. The third kappa shape index (κ3) is 2.77. The van der Waals surface area contributed by atoms with Gasteiger partial charge in [0.15, 0.2) is 5.54 Å². The Kier molecular flexibility index (Phi) is 4.72. The maximum atomic E-state index is 13.8. The van der Waals surface area contributed by atoms with E-state index < -0.39 is 35.3 Å². The molecule has 0 bridgehead atoms. The molecule has 156 valence electrons. The number of methoxy groups -OCH3 is 1. The number of thiophene rings is 1. The average Bonchev–Trinajstić information content (AvgIpc) is 3.51. The number of anilines is 1. The smallest absolute Gasteiger partial charge is 0.331 e. The molecule has 0 spiro atoms. The Hall–Kier alpha value is -3.29. The van der Waals surface area contributed by atoms with Gasteiger partial charge in [-0.3, -0.25) is 14.9 Å². The molecular formula is C24H20N2O4S. The molecule has 2 aliphatic rings. The molecule has 2 aromatic carbocycles. The van der Waals surface area contributed by atoms with Crippen LogP contribution in [0, 0.1) is 11.8 Å².